The molecule has 0 radical (unpaired) electrons. The largest absolute Gasteiger partial charge is 0.573 e. The zero-order valence-electron chi connectivity index (χ0n) is 14.8. The summed E-state index contributed by atoms with van der Waals surface area (Å²) in [6, 6.07) is 5.78. The van der Waals surface area contributed by atoms with Crippen molar-refractivity contribution < 1.29 is 32.2 Å². The van der Waals surface area contributed by atoms with Crippen molar-refractivity contribution in [3.8, 4) is 5.75 Å². The van der Waals surface area contributed by atoms with E-state index in [1.165, 1.54) is 18.2 Å². The highest BCUT2D eigenvalue weighted by Crippen LogP contribution is 2.27. The first kappa shape index (κ1) is 19.9. The number of benzene rings is 1. The van der Waals surface area contributed by atoms with Gasteiger partial charge in [0.25, 0.3) is 0 Å². The highest BCUT2D eigenvalue weighted by atomic mass is 19.4. The number of carbonyl (C=O) groups excluding carboxylic acids is 1. The van der Waals surface area contributed by atoms with E-state index in [4.69, 9.17) is 9.47 Å². The van der Waals surface area contributed by atoms with E-state index in [1.807, 2.05) is 4.90 Å². The van der Waals surface area contributed by atoms with Crippen LogP contribution in [-0.2, 0) is 20.8 Å². The van der Waals surface area contributed by atoms with Crippen molar-refractivity contribution in [2.75, 3.05) is 32.8 Å². The number of para-hydroxylation sites is 1. The third-order valence-corrected chi connectivity index (χ3v) is 4.71. The van der Waals surface area contributed by atoms with Gasteiger partial charge in [0.05, 0.1) is 19.8 Å². The average molecular weight is 388 g/mol. The normalized spacial score (nSPS) is 20.0. The van der Waals surface area contributed by atoms with Crippen LogP contribution in [0.2, 0.25) is 0 Å². The van der Waals surface area contributed by atoms with Crippen molar-refractivity contribution in [1.29, 1.82) is 0 Å². The molecule has 2 fully saturated rings. The van der Waals surface area contributed by atoms with Gasteiger partial charge < -0.3 is 19.5 Å². The third-order valence-electron chi connectivity index (χ3n) is 4.71. The van der Waals surface area contributed by atoms with Gasteiger partial charge in [0.2, 0.25) is 5.91 Å². The maximum Gasteiger partial charge on any atom is 0.573 e. The van der Waals surface area contributed by atoms with Crippen LogP contribution in [-0.4, -0.2) is 56.3 Å². The van der Waals surface area contributed by atoms with E-state index in [1.54, 1.807) is 6.07 Å². The van der Waals surface area contributed by atoms with E-state index >= 15 is 0 Å². The molecular weight excluding hydrogens is 365 g/mol. The Bertz CT molecular complexity index is 627. The Morgan fingerprint density at radius 1 is 1.19 bits per heavy atom. The number of nitrogens with zero attached hydrogens (tertiary/aromatic N) is 1. The fraction of sp³-hybridized carbons (Fsp3) is 0.611. The summed E-state index contributed by atoms with van der Waals surface area (Å²) in [5.74, 6) is -0.190. The van der Waals surface area contributed by atoms with Crippen LogP contribution in [0.1, 0.15) is 18.4 Å². The molecule has 6 nitrogen and oxygen atoms in total. The average Bonchev–Trinajstić information content (AvgIpc) is 3.15. The van der Waals surface area contributed by atoms with E-state index < -0.39 is 6.36 Å². The van der Waals surface area contributed by atoms with E-state index in [0.29, 0.717) is 19.1 Å². The number of amides is 1. The minimum atomic E-state index is -4.77. The maximum atomic E-state index is 12.4. The van der Waals surface area contributed by atoms with Crippen molar-refractivity contribution in [3.05, 3.63) is 29.8 Å². The van der Waals surface area contributed by atoms with Gasteiger partial charge in [-0.1, -0.05) is 18.2 Å². The van der Waals surface area contributed by atoms with Crippen molar-refractivity contribution in [2.24, 2.45) is 5.92 Å². The Balaban J connectivity index is 1.43. The summed E-state index contributed by atoms with van der Waals surface area (Å²) in [7, 11) is 0. The molecule has 1 aromatic carbocycles. The fourth-order valence-electron chi connectivity index (χ4n) is 3.36. The van der Waals surface area contributed by atoms with Gasteiger partial charge in [-0.05, 0) is 32.0 Å². The zero-order valence-corrected chi connectivity index (χ0v) is 14.8. The molecular formula is C18H23F3N2O4. The van der Waals surface area contributed by atoms with Gasteiger partial charge in [-0.25, -0.2) is 0 Å². The second-order valence-corrected chi connectivity index (χ2v) is 6.66. The Morgan fingerprint density at radius 2 is 1.85 bits per heavy atom. The lowest BCUT2D eigenvalue weighted by Crippen LogP contribution is -2.43. The Morgan fingerprint density at radius 3 is 2.52 bits per heavy atom. The summed E-state index contributed by atoms with van der Waals surface area (Å²) in [6.07, 6.45) is -3.12. The van der Waals surface area contributed by atoms with Crippen LogP contribution in [0.25, 0.3) is 0 Å². The summed E-state index contributed by atoms with van der Waals surface area (Å²) in [6.45, 7) is 2.97. The van der Waals surface area contributed by atoms with Crippen LogP contribution in [0.15, 0.2) is 24.3 Å². The molecule has 0 aromatic heterocycles. The standard InChI is InChI=1S/C18H23F3N2O4/c19-18(20,21)27-15-4-2-1-3-14(15)11-22-16(24)12-23-7-5-13(6-8-23)17-25-9-10-26-17/h1-4,13,17H,5-12H2,(H,22,24). The molecule has 0 bridgehead atoms. The van der Waals surface area contributed by atoms with Crippen molar-refractivity contribution in [2.45, 2.75) is 32.0 Å². The SMILES string of the molecule is O=C(CN1CCC(C2OCCO2)CC1)NCc1ccccc1OC(F)(F)F. The van der Waals surface area contributed by atoms with E-state index in [0.717, 1.165) is 25.9 Å². The molecule has 0 saturated carbocycles. The van der Waals surface area contributed by atoms with Crippen LogP contribution in [0.4, 0.5) is 13.2 Å². The molecule has 0 spiro atoms. The van der Waals surface area contributed by atoms with Crippen LogP contribution in [0.3, 0.4) is 0 Å². The lowest BCUT2D eigenvalue weighted by molar-refractivity contribution is -0.274. The molecule has 3 rings (SSSR count). The number of hydrogen-bond donors (Lipinski definition) is 1. The molecule has 0 aliphatic carbocycles. The third kappa shape index (κ3) is 6.08. The second-order valence-electron chi connectivity index (χ2n) is 6.66. The number of rotatable bonds is 6. The molecule has 0 unspecified atom stereocenters. The quantitative estimate of drug-likeness (QED) is 0.810. The van der Waals surface area contributed by atoms with Crippen LogP contribution in [0.5, 0.6) is 5.75 Å². The van der Waals surface area contributed by atoms with Gasteiger partial charge in [0.1, 0.15) is 5.75 Å². The first-order valence-corrected chi connectivity index (χ1v) is 8.96. The molecule has 0 atom stereocenters. The summed E-state index contributed by atoms with van der Waals surface area (Å²) in [5, 5.41) is 2.66. The first-order chi connectivity index (χ1) is 12.9. The Kier molecular flexibility index (Phi) is 6.56. The van der Waals surface area contributed by atoms with Crippen LogP contribution >= 0.6 is 0 Å². The summed E-state index contributed by atoms with van der Waals surface area (Å²) >= 11 is 0. The Hall–Kier alpha value is -1.84. The smallest absolute Gasteiger partial charge is 0.405 e. The van der Waals surface area contributed by atoms with Gasteiger partial charge in [0, 0.05) is 18.0 Å². The maximum absolute atomic E-state index is 12.4. The molecule has 27 heavy (non-hydrogen) atoms. The lowest BCUT2D eigenvalue weighted by atomic mass is 9.96. The van der Waals surface area contributed by atoms with Gasteiger partial charge >= 0.3 is 6.36 Å². The highest BCUT2D eigenvalue weighted by Gasteiger charge is 2.32. The summed E-state index contributed by atoms with van der Waals surface area (Å²) in [5.41, 5.74) is 0.275. The predicted octanol–water partition coefficient (Wildman–Crippen LogP) is 2.29. The van der Waals surface area contributed by atoms with Crippen LogP contribution in [0, 0.1) is 5.92 Å². The van der Waals surface area contributed by atoms with Crippen LogP contribution < -0.4 is 10.1 Å². The number of carbonyl (C=O) groups is 1. The predicted molar refractivity (Wildman–Crippen MR) is 89.8 cm³/mol. The molecule has 2 saturated heterocycles. The van der Waals surface area contributed by atoms with Gasteiger partial charge in [-0.15, -0.1) is 13.2 Å². The monoisotopic (exact) mass is 388 g/mol. The molecule has 1 aromatic rings. The number of piperidine rings is 1. The van der Waals surface area contributed by atoms with Crippen molar-refractivity contribution >= 4 is 5.91 Å². The van der Waals surface area contributed by atoms with Gasteiger partial charge in [-0.2, -0.15) is 0 Å². The molecule has 9 heteroatoms. The molecule has 150 valence electrons. The van der Waals surface area contributed by atoms with Gasteiger partial charge in [-0.3, -0.25) is 9.69 Å². The number of hydrogen-bond acceptors (Lipinski definition) is 5. The topological polar surface area (TPSA) is 60.0 Å². The molecule has 2 aliphatic rings. The minimum Gasteiger partial charge on any atom is -0.405 e. The van der Waals surface area contributed by atoms with Crippen molar-refractivity contribution in [1.82, 2.24) is 10.2 Å². The Labute approximate surface area is 155 Å². The number of halogens is 3. The number of nitrogens with one attached hydrogen (secondary N) is 1. The molecule has 2 aliphatic heterocycles. The molecule has 1 N–H and O–H groups in total. The van der Waals surface area contributed by atoms with E-state index in [9.17, 15) is 18.0 Å². The fourth-order valence-corrected chi connectivity index (χ4v) is 3.36. The minimum absolute atomic E-state index is 0.0225. The number of ether oxygens (including phenoxy) is 3. The summed E-state index contributed by atoms with van der Waals surface area (Å²) in [4.78, 5) is 14.2. The highest BCUT2D eigenvalue weighted by molar-refractivity contribution is 5.78. The number of alkyl halides is 3. The second kappa shape index (κ2) is 8.90. The lowest BCUT2D eigenvalue weighted by Gasteiger charge is -2.33. The first-order valence-electron chi connectivity index (χ1n) is 8.96. The van der Waals surface area contributed by atoms with Gasteiger partial charge in [0.15, 0.2) is 6.29 Å². The van der Waals surface area contributed by atoms with Crippen molar-refractivity contribution in [3.63, 3.8) is 0 Å². The zero-order chi connectivity index (χ0) is 19.3. The summed E-state index contributed by atoms with van der Waals surface area (Å²) < 4.78 is 52.4. The number of likely N-dealkylation sites (tertiary alicyclic amines) is 1. The molecule has 1 amide bonds. The van der Waals surface area contributed by atoms with E-state index in [2.05, 4.69) is 10.1 Å². The van der Waals surface area contributed by atoms with E-state index in [-0.39, 0.29) is 36.6 Å². The molecule has 2 heterocycles.